The van der Waals surface area contributed by atoms with Gasteiger partial charge in [-0.25, -0.2) is 4.39 Å². The molecule has 7 rings (SSSR count). The molecule has 0 radical (unpaired) electrons. The lowest BCUT2D eigenvalue weighted by Crippen LogP contribution is -2.53. The summed E-state index contributed by atoms with van der Waals surface area (Å²) in [6.45, 7) is 7.02. The Hall–Kier alpha value is -3.35. The highest BCUT2D eigenvalue weighted by Crippen LogP contribution is 2.48. The van der Waals surface area contributed by atoms with Crippen LogP contribution in [0.2, 0.25) is 0 Å². The van der Waals surface area contributed by atoms with E-state index in [1.165, 1.54) is 11.0 Å². The summed E-state index contributed by atoms with van der Waals surface area (Å²) in [7, 11) is 2.06. The van der Waals surface area contributed by atoms with Crippen molar-refractivity contribution in [2.75, 3.05) is 44.8 Å². The first-order valence-corrected chi connectivity index (χ1v) is 17.2. The summed E-state index contributed by atoms with van der Waals surface area (Å²) >= 11 is 0. The molecule has 0 bridgehead atoms. The van der Waals surface area contributed by atoms with E-state index in [1.54, 1.807) is 36.7 Å². The quantitative estimate of drug-likeness (QED) is 0.249. The number of likely N-dealkylation sites (N-methyl/N-ethyl adjacent to an activating group) is 1. The molecular weight excluding hydrogens is 624 g/mol. The minimum Gasteiger partial charge on any atom is -0.379 e. The van der Waals surface area contributed by atoms with Gasteiger partial charge in [0.05, 0.1) is 30.7 Å². The van der Waals surface area contributed by atoms with Crippen LogP contribution in [0.25, 0.3) is 0 Å². The van der Waals surface area contributed by atoms with Gasteiger partial charge in [-0.1, -0.05) is 45.2 Å². The molecule has 8 nitrogen and oxygen atoms in total. The van der Waals surface area contributed by atoms with Crippen molar-refractivity contribution >= 4 is 11.6 Å². The lowest BCUT2D eigenvalue weighted by molar-refractivity contribution is -0.138. The molecule has 3 aromatic rings. The van der Waals surface area contributed by atoms with E-state index in [-0.39, 0.29) is 48.8 Å². The summed E-state index contributed by atoms with van der Waals surface area (Å²) in [4.78, 5) is 19.8. The molecule has 3 fully saturated rings. The van der Waals surface area contributed by atoms with E-state index in [1.807, 2.05) is 4.57 Å². The van der Waals surface area contributed by atoms with Crippen molar-refractivity contribution in [3.8, 4) is 0 Å². The molecule has 12 heteroatoms. The molecule has 2 saturated heterocycles. The monoisotopic (exact) mass is 668 g/mol. The van der Waals surface area contributed by atoms with Gasteiger partial charge in [-0.05, 0) is 66.8 Å². The van der Waals surface area contributed by atoms with Crippen LogP contribution < -0.4 is 4.90 Å². The average Bonchev–Trinajstić information content (AvgIpc) is 3.66. The maximum absolute atomic E-state index is 16.7. The minimum atomic E-state index is -4.62. The molecule has 48 heavy (non-hydrogen) atoms. The number of carbonyl (C=O) groups is 1. The number of aromatic nitrogens is 3. The molecule has 4 heterocycles. The van der Waals surface area contributed by atoms with E-state index in [0.29, 0.717) is 29.3 Å². The Bertz CT molecular complexity index is 1650. The molecule has 1 amide bonds. The van der Waals surface area contributed by atoms with Crippen LogP contribution in [0.3, 0.4) is 0 Å². The van der Waals surface area contributed by atoms with Crippen molar-refractivity contribution in [2.24, 2.45) is 5.92 Å². The second-order valence-electron chi connectivity index (χ2n) is 14.6. The minimum absolute atomic E-state index is 0.0221. The molecule has 2 atom stereocenters. The van der Waals surface area contributed by atoms with Crippen LogP contribution in [-0.2, 0) is 29.4 Å². The predicted octanol–water partition coefficient (Wildman–Crippen LogP) is 6.71. The zero-order valence-electron chi connectivity index (χ0n) is 27.8. The fourth-order valence-corrected chi connectivity index (χ4v) is 8.16. The maximum Gasteiger partial charge on any atom is 0.416 e. The fourth-order valence-electron chi connectivity index (χ4n) is 8.16. The molecule has 0 unspecified atom stereocenters. The van der Waals surface area contributed by atoms with Crippen LogP contribution in [0.4, 0.5) is 23.2 Å². The highest BCUT2D eigenvalue weighted by molar-refractivity contribution is 6.10. The van der Waals surface area contributed by atoms with Gasteiger partial charge in [0, 0.05) is 49.5 Å². The topological polar surface area (TPSA) is 66.7 Å². The third kappa shape index (κ3) is 5.94. The number of carbonyl (C=O) groups excluding carboxylic acids is 1. The molecular formula is C36H44F4N6O2. The van der Waals surface area contributed by atoms with Gasteiger partial charge >= 0.3 is 6.18 Å². The number of nitrogens with zero attached hydrogens (tertiary/aromatic N) is 6. The van der Waals surface area contributed by atoms with Crippen molar-refractivity contribution in [2.45, 2.75) is 88.9 Å². The molecule has 1 aromatic heterocycles. The molecule has 3 aliphatic heterocycles. The normalized spacial score (nSPS) is 23.0. The first-order valence-electron chi connectivity index (χ1n) is 17.2. The number of amides is 1. The highest BCUT2D eigenvalue weighted by Gasteiger charge is 2.51. The Kier molecular flexibility index (Phi) is 8.87. The van der Waals surface area contributed by atoms with Gasteiger partial charge in [-0.15, -0.1) is 10.2 Å². The first-order chi connectivity index (χ1) is 23.0. The Morgan fingerprint density at radius 1 is 1.06 bits per heavy atom. The van der Waals surface area contributed by atoms with E-state index in [9.17, 15) is 18.0 Å². The van der Waals surface area contributed by atoms with Crippen molar-refractivity contribution < 1.29 is 27.1 Å². The lowest BCUT2D eigenvalue weighted by atomic mass is 9.74. The van der Waals surface area contributed by atoms with Crippen molar-refractivity contribution in [1.82, 2.24) is 24.6 Å². The van der Waals surface area contributed by atoms with E-state index < -0.39 is 29.2 Å². The summed E-state index contributed by atoms with van der Waals surface area (Å²) < 4.78 is 67.8. The first kappa shape index (κ1) is 33.2. The number of ether oxygens (including phenoxy) is 1. The van der Waals surface area contributed by atoms with E-state index in [2.05, 4.69) is 40.9 Å². The summed E-state index contributed by atoms with van der Waals surface area (Å²) in [5.74, 6) is 0.106. The second-order valence-corrected chi connectivity index (χ2v) is 14.6. The van der Waals surface area contributed by atoms with Crippen LogP contribution in [0.1, 0.15) is 96.6 Å². The number of rotatable bonds is 8. The third-order valence-electron chi connectivity index (χ3n) is 11.0. The molecule has 1 saturated carbocycles. The van der Waals surface area contributed by atoms with Gasteiger partial charge in [-0.2, -0.15) is 13.2 Å². The molecule has 1 aliphatic carbocycles. The molecule has 258 valence electrons. The zero-order valence-corrected chi connectivity index (χ0v) is 27.8. The number of benzene rings is 2. The summed E-state index contributed by atoms with van der Waals surface area (Å²) in [6.07, 6.45) is 0.689. The SMILES string of the molecule is CC(C)[C@H]1CN(C)CCN1Cc1cc2c(c(C(F)(F)F)c1)CN(c1cccc(C3([C@@H](F)c4nncn4C4CCCCC4)COC3)c1)C2=O. The lowest BCUT2D eigenvalue weighted by Gasteiger charge is -2.44. The fraction of sp³-hybridized carbons (Fsp3) is 0.583. The average molecular weight is 669 g/mol. The zero-order chi connectivity index (χ0) is 33.8. The number of halogens is 4. The third-order valence-corrected chi connectivity index (χ3v) is 11.0. The molecule has 0 N–H and O–H groups in total. The van der Waals surface area contributed by atoms with E-state index in [4.69, 9.17) is 4.74 Å². The number of hydrogen-bond donors (Lipinski definition) is 0. The molecule has 4 aliphatic rings. The largest absolute Gasteiger partial charge is 0.416 e. The van der Waals surface area contributed by atoms with Gasteiger partial charge in [-0.3, -0.25) is 9.69 Å². The van der Waals surface area contributed by atoms with Gasteiger partial charge in [0.1, 0.15) is 6.33 Å². The van der Waals surface area contributed by atoms with Crippen LogP contribution in [0, 0.1) is 5.92 Å². The summed E-state index contributed by atoms with van der Waals surface area (Å²) in [5, 5.41) is 8.28. The van der Waals surface area contributed by atoms with Crippen LogP contribution >= 0.6 is 0 Å². The number of alkyl halides is 4. The van der Waals surface area contributed by atoms with Crippen LogP contribution in [0.5, 0.6) is 0 Å². The molecule has 2 aromatic carbocycles. The Morgan fingerprint density at radius 3 is 2.52 bits per heavy atom. The Balaban J connectivity index is 1.18. The van der Waals surface area contributed by atoms with Crippen LogP contribution in [0.15, 0.2) is 42.7 Å². The number of hydrogen-bond acceptors (Lipinski definition) is 6. The van der Waals surface area contributed by atoms with Gasteiger partial charge in [0.25, 0.3) is 5.91 Å². The van der Waals surface area contributed by atoms with E-state index >= 15 is 4.39 Å². The summed E-state index contributed by atoms with van der Waals surface area (Å²) in [5.41, 5.74) is -0.246. The van der Waals surface area contributed by atoms with Gasteiger partial charge < -0.3 is 19.1 Å². The van der Waals surface area contributed by atoms with Gasteiger partial charge in [0.15, 0.2) is 12.0 Å². The second kappa shape index (κ2) is 12.8. The number of piperazine rings is 1. The standard InChI is InChI=1S/C36H44F4N6O2/c1-23(2)31-19-43(3)12-13-44(31)17-24-14-28-29(30(15-24)36(38,39)40)18-45(34(28)47)27-11-7-8-25(16-27)35(20-48-21-35)32(37)33-42-41-22-46(33)26-9-5-4-6-10-26/h7-8,11,14-16,22-23,26,31-32H,4-6,9-10,12-13,17-21H2,1-3H3/t31-,32+/m1/s1. The van der Waals surface area contributed by atoms with Gasteiger partial charge in [0.2, 0.25) is 0 Å². The Morgan fingerprint density at radius 2 is 1.83 bits per heavy atom. The molecule has 0 spiro atoms. The van der Waals surface area contributed by atoms with Crippen molar-refractivity contribution in [3.05, 3.63) is 76.4 Å². The summed E-state index contributed by atoms with van der Waals surface area (Å²) in [6, 6.07) is 10.2. The van der Waals surface area contributed by atoms with Crippen LogP contribution in [-0.4, -0.2) is 76.4 Å². The van der Waals surface area contributed by atoms with Crippen molar-refractivity contribution in [3.63, 3.8) is 0 Å². The smallest absolute Gasteiger partial charge is 0.379 e. The highest BCUT2D eigenvalue weighted by atomic mass is 19.4. The maximum atomic E-state index is 16.7. The van der Waals surface area contributed by atoms with E-state index in [0.717, 1.165) is 51.7 Å². The number of anilines is 1. The number of fused-ring (bicyclic) bond motifs is 1. The Labute approximate surface area is 279 Å². The predicted molar refractivity (Wildman–Crippen MR) is 173 cm³/mol. The van der Waals surface area contributed by atoms with Crippen molar-refractivity contribution in [1.29, 1.82) is 0 Å².